The van der Waals surface area contributed by atoms with E-state index in [4.69, 9.17) is 0 Å². The smallest absolute Gasteiger partial charge is 0.0107 e. The van der Waals surface area contributed by atoms with Gasteiger partial charge in [-0.25, -0.2) is 0 Å². The first-order valence-electron chi connectivity index (χ1n) is 6.15. The molecule has 0 spiro atoms. The minimum atomic E-state index is 1.11. The van der Waals surface area contributed by atoms with Crippen molar-refractivity contribution >= 4 is 0 Å². The van der Waals surface area contributed by atoms with Crippen molar-refractivity contribution in [3.63, 3.8) is 0 Å². The highest BCUT2D eigenvalue weighted by atomic mass is 15.2. The van der Waals surface area contributed by atoms with Crippen LogP contribution < -0.4 is 10.6 Å². The van der Waals surface area contributed by atoms with Gasteiger partial charge < -0.3 is 20.4 Å². The molecule has 0 amide bonds. The van der Waals surface area contributed by atoms with Crippen molar-refractivity contribution in [2.75, 3.05) is 66.0 Å². The topological polar surface area (TPSA) is 30.5 Å². The summed E-state index contributed by atoms with van der Waals surface area (Å²) in [5, 5.41) is 6.99. The van der Waals surface area contributed by atoms with Gasteiger partial charge in [0.1, 0.15) is 0 Å². The highest BCUT2D eigenvalue weighted by Crippen LogP contribution is 1.87. The molecule has 1 aliphatic heterocycles. The Kier molecular flexibility index (Phi) is 6.92. The lowest BCUT2D eigenvalue weighted by Gasteiger charge is -2.23. The molecule has 0 aromatic carbocycles. The van der Waals surface area contributed by atoms with E-state index in [9.17, 15) is 0 Å². The average Bonchev–Trinajstić information content (AvgIpc) is 2.23. The van der Waals surface area contributed by atoms with Gasteiger partial charge in [0.15, 0.2) is 0 Å². The van der Waals surface area contributed by atoms with Crippen molar-refractivity contribution in [3.8, 4) is 0 Å². The average molecular weight is 214 g/mol. The molecule has 1 saturated heterocycles. The number of hydrogen-bond acceptors (Lipinski definition) is 4. The van der Waals surface area contributed by atoms with E-state index >= 15 is 0 Å². The maximum Gasteiger partial charge on any atom is 0.0107 e. The fourth-order valence-electron chi connectivity index (χ4n) is 1.80. The van der Waals surface area contributed by atoms with E-state index in [0.717, 1.165) is 45.8 Å². The molecule has 4 heteroatoms. The molecular weight excluding hydrogens is 188 g/mol. The highest BCUT2D eigenvalue weighted by molar-refractivity contribution is 4.64. The quantitative estimate of drug-likeness (QED) is 0.612. The molecule has 2 N–H and O–H groups in total. The Bertz CT molecular complexity index is 138. The highest BCUT2D eigenvalue weighted by Gasteiger charge is 2.03. The summed E-state index contributed by atoms with van der Waals surface area (Å²) in [6.07, 6.45) is 0. The predicted octanol–water partition coefficient (Wildman–Crippen LogP) is -0.567. The number of rotatable bonds is 1. The molecule has 1 aliphatic rings. The zero-order valence-corrected chi connectivity index (χ0v) is 10.3. The van der Waals surface area contributed by atoms with Crippen LogP contribution in [0.15, 0.2) is 0 Å². The van der Waals surface area contributed by atoms with Gasteiger partial charge in [0.2, 0.25) is 0 Å². The van der Waals surface area contributed by atoms with E-state index in [1.165, 1.54) is 13.1 Å². The van der Waals surface area contributed by atoms with E-state index < -0.39 is 0 Å². The van der Waals surface area contributed by atoms with Crippen LogP contribution in [0.25, 0.3) is 0 Å². The van der Waals surface area contributed by atoms with Crippen LogP contribution in [0.4, 0.5) is 0 Å². The van der Waals surface area contributed by atoms with Gasteiger partial charge >= 0.3 is 0 Å². The zero-order valence-electron chi connectivity index (χ0n) is 10.3. The van der Waals surface area contributed by atoms with Gasteiger partial charge in [-0.1, -0.05) is 6.92 Å². The molecule has 0 radical (unpaired) electrons. The predicted molar refractivity (Wildman–Crippen MR) is 65.4 cm³/mol. The number of hydrogen-bond donors (Lipinski definition) is 2. The van der Waals surface area contributed by atoms with Crippen LogP contribution in [0.3, 0.4) is 0 Å². The van der Waals surface area contributed by atoms with Crippen LogP contribution >= 0.6 is 0 Å². The normalized spacial score (nSPS) is 24.4. The van der Waals surface area contributed by atoms with E-state index in [2.05, 4.69) is 34.4 Å². The molecular formula is C11H26N4. The first-order chi connectivity index (χ1) is 7.33. The summed E-state index contributed by atoms with van der Waals surface area (Å²) < 4.78 is 0. The van der Waals surface area contributed by atoms with Gasteiger partial charge in [0, 0.05) is 52.4 Å². The molecule has 90 valence electrons. The second-order valence-electron chi connectivity index (χ2n) is 4.24. The van der Waals surface area contributed by atoms with Crippen LogP contribution in [-0.4, -0.2) is 75.8 Å². The molecule has 0 atom stereocenters. The molecule has 0 unspecified atom stereocenters. The second kappa shape index (κ2) is 8.05. The van der Waals surface area contributed by atoms with Crippen molar-refractivity contribution in [1.29, 1.82) is 0 Å². The summed E-state index contributed by atoms with van der Waals surface area (Å²) in [4.78, 5) is 4.87. The minimum Gasteiger partial charge on any atom is -0.314 e. The Balaban J connectivity index is 2.23. The maximum atomic E-state index is 3.49. The number of likely N-dealkylation sites (N-methyl/N-ethyl adjacent to an activating group) is 2. The van der Waals surface area contributed by atoms with Gasteiger partial charge in [-0.2, -0.15) is 0 Å². The van der Waals surface area contributed by atoms with E-state index in [0.29, 0.717) is 0 Å². The van der Waals surface area contributed by atoms with Gasteiger partial charge in [-0.3, -0.25) is 0 Å². The van der Waals surface area contributed by atoms with Crippen molar-refractivity contribution in [2.45, 2.75) is 6.92 Å². The standard InChI is InChI=1S/C11H26N4/c1-3-15-10-6-12-4-8-14(2)9-5-13-7-11-15/h12-13H,3-11H2,1-2H3. The second-order valence-corrected chi connectivity index (χ2v) is 4.24. The fraction of sp³-hybridized carbons (Fsp3) is 1.00. The molecule has 0 aliphatic carbocycles. The number of nitrogens with one attached hydrogen (secondary N) is 2. The van der Waals surface area contributed by atoms with Gasteiger partial charge in [-0.15, -0.1) is 0 Å². The van der Waals surface area contributed by atoms with Crippen molar-refractivity contribution in [3.05, 3.63) is 0 Å². The Morgan fingerprint density at radius 3 is 1.80 bits per heavy atom. The summed E-state index contributed by atoms with van der Waals surface area (Å²) in [7, 11) is 2.19. The molecule has 0 aromatic heterocycles. The van der Waals surface area contributed by atoms with Crippen molar-refractivity contribution in [1.82, 2.24) is 20.4 Å². The van der Waals surface area contributed by atoms with Gasteiger partial charge in [0.05, 0.1) is 0 Å². The van der Waals surface area contributed by atoms with Crippen LogP contribution in [0.1, 0.15) is 6.92 Å². The summed E-state index contributed by atoms with van der Waals surface area (Å²) in [6.45, 7) is 12.5. The molecule has 4 nitrogen and oxygen atoms in total. The molecule has 1 rings (SSSR count). The summed E-state index contributed by atoms with van der Waals surface area (Å²) >= 11 is 0. The van der Waals surface area contributed by atoms with E-state index in [-0.39, 0.29) is 0 Å². The largest absolute Gasteiger partial charge is 0.314 e. The van der Waals surface area contributed by atoms with Crippen molar-refractivity contribution < 1.29 is 0 Å². The Labute approximate surface area is 94.0 Å². The third kappa shape index (κ3) is 6.10. The third-order valence-electron chi connectivity index (χ3n) is 3.00. The lowest BCUT2D eigenvalue weighted by atomic mass is 10.4. The molecule has 1 heterocycles. The third-order valence-corrected chi connectivity index (χ3v) is 3.00. The number of nitrogens with zero attached hydrogens (tertiary/aromatic N) is 2. The first-order valence-corrected chi connectivity index (χ1v) is 6.15. The van der Waals surface area contributed by atoms with Crippen LogP contribution in [0, 0.1) is 0 Å². The first kappa shape index (κ1) is 12.9. The fourth-order valence-corrected chi connectivity index (χ4v) is 1.80. The van der Waals surface area contributed by atoms with Crippen molar-refractivity contribution in [2.24, 2.45) is 0 Å². The minimum absolute atomic E-state index is 1.11. The van der Waals surface area contributed by atoms with Gasteiger partial charge in [0.25, 0.3) is 0 Å². The molecule has 0 saturated carbocycles. The molecule has 0 bridgehead atoms. The molecule has 0 aromatic rings. The monoisotopic (exact) mass is 214 g/mol. The van der Waals surface area contributed by atoms with Crippen LogP contribution in [-0.2, 0) is 0 Å². The lowest BCUT2D eigenvalue weighted by Crippen LogP contribution is -2.42. The zero-order chi connectivity index (χ0) is 10.9. The summed E-state index contributed by atoms with van der Waals surface area (Å²) in [5.41, 5.74) is 0. The summed E-state index contributed by atoms with van der Waals surface area (Å²) in [6, 6.07) is 0. The van der Waals surface area contributed by atoms with E-state index in [1.807, 2.05) is 0 Å². The lowest BCUT2D eigenvalue weighted by molar-refractivity contribution is 0.267. The Hall–Kier alpha value is -0.160. The van der Waals surface area contributed by atoms with Crippen LogP contribution in [0.5, 0.6) is 0 Å². The van der Waals surface area contributed by atoms with Gasteiger partial charge in [-0.05, 0) is 13.6 Å². The SMILES string of the molecule is CCN1CCNCCN(C)CCNCC1. The Morgan fingerprint density at radius 1 is 0.867 bits per heavy atom. The molecule has 15 heavy (non-hydrogen) atoms. The molecule has 1 fully saturated rings. The van der Waals surface area contributed by atoms with E-state index in [1.54, 1.807) is 0 Å². The Morgan fingerprint density at radius 2 is 1.33 bits per heavy atom. The maximum absolute atomic E-state index is 3.49. The van der Waals surface area contributed by atoms with Crippen LogP contribution in [0.2, 0.25) is 0 Å². The summed E-state index contributed by atoms with van der Waals surface area (Å²) in [5.74, 6) is 0.